The van der Waals surface area contributed by atoms with Crippen molar-refractivity contribution >= 4 is 0 Å². The van der Waals surface area contributed by atoms with E-state index >= 15 is 0 Å². The number of nitrogens with two attached hydrogens (primary N) is 1. The first-order chi connectivity index (χ1) is 7.77. The third kappa shape index (κ3) is 1.97. The van der Waals surface area contributed by atoms with E-state index in [2.05, 4.69) is 17.2 Å². The van der Waals surface area contributed by atoms with Crippen LogP contribution in [0.4, 0.5) is 0 Å². The lowest BCUT2D eigenvalue weighted by Gasteiger charge is -2.32. The van der Waals surface area contributed by atoms with Crippen molar-refractivity contribution in [3.05, 3.63) is 11.4 Å². The van der Waals surface area contributed by atoms with Gasteiger partial charge in [0.15, 0.2) is 0 Å². The monoisotopic (exact) mass is 224 g/mol. The lowest BCUT2D eigenvalue weighted by molar-refractivity contribution is 0.158. The first-order valence-electron chi connectivity index (χ1n) is 5.89. The van der Waals surface area contributed by atoms with E-state index in [1.54, 1.807) is 7.11 Å². The van der Waals surface area contributed by atoms with Gasteiger partial charge in [0.25, 0.3) is 0 Å². The quantitative estimate of drug-likeness (QED) is 0.817. The van der Waals surface area contributed by atoms with Crippen LogP contribution in [0.15, 0.2) is 0 Å². The third-order valence-corrected chi connectivity index (χ3v) is 3.56. The first-order valence-corrected chi connectivity index (χ1v) is 5.89. The molecule has 16 heavy (non-hydrogen) atoms. The molecule has 0 saturated heterocycles. The van der Waals surface area contributed by atoms with E-state index in [-0.39, 0.29) is 0 Å². The summed E-state index contributed by atoms with van der Waals surface area (Å²) in [5, 5.41) is 8.34. The summed E-state index contributed by atoms with van der Waals surface area (Å²) in [6.07, 6.45) is 3.93. The van der Waals surface area contributed by atoms with Crippen LogP contribution in [-0.2, 0) is 17.9 Å². The Balaban J connectivity index is 2.20. The van der Waals surface area contributed by atoms with Crippen molar-refractivity contribution in [2.75, 3.05) is 7.11 Å². The molecule has 1 aliphatic rings. The van der Waals surface area contributed by atoms with Crippen LogP contribution in [0.25, 0.3) is 0 Å². The molecule has 90 valence electrons. The van der Waals surface area contributed by atoms with E-state index in [1.165, 1.54) is 19.3 Å². The van der Waals surface area contributed by atoms with Crippen LogP contribution in [0.1, 0.15) is 43.6 Å². The smallest absolute Gasteiger partial charge is 0.102 e. The maximum Gasteiger partial charge on any atom is 0.102 e. The molecule has 1 heterocycles. The van der Waals surface area contributed by atoms with Crippen molar-refractivity contribution in [3.63, 3.8) is 0 Å². The lowest BCUT2D eigenvalue weighted by atomic mass is 9.80. The van der Waals surface area contributed by atoms with Gasteiger partial charge in [-0.05, 0) is 25.7 Å². The maximum absolute atomic E-state index is 5.65. The molecule has 2 N–H and O–H groups in total. The van der Waals surface area contributed by atoms with Crippen molar-refractivity contribution in [2.45, 2.75) is 45.4 Å². The molecule has 0 spiro atoms. The molecule has 0 aromatic carbocycles. The molecule has 1 aliphatic carbocycles. The Labute approximate surface area is 96.0 Å². The minimum absolute atomic E-state index is 0.409. The van der Waals surface area contributed by atoms with E-state index in [4.69, 9.17) is 10.5 Å². The zero-order valence-electron chi connectivity index (χ0n) is 10.0. The molecule has 0 bridgehead atoms. The molecule has 1 fully saturated rings. The van der Waals surface area contributed by atoms with E-state index < -0.39 is 0 Å². The van der Waals surface area contributed by atoms with Crippen molar-refractivity contribution in [1.29, 1.82) is 0 Å². The standard InChI is InChI=1S/C11H20N4O/c1-8(9-4-3-5-9)15-11(7-16-2)10(6-12)13-14-15/h8-9H,3-7,12H2,1-2H3. The molecular formula is C11H20N4O. The normalized spacial score (nSPS) is 18.4. The number of rotatable bonds is 5. The van der Waals surface area contributed by atoms with Gasteiger partial charge in [-0.15, -0.1) is 5.10 Å². The van der Waals surface area contributed by atoms with Gasteiger partial charge in [-0.3, -0.25) is 0 Å². The summed E-state index contributed by atoms with van der Waals surface area (Å²) in [6.45, 7) is 3.17. The topological polar surface area (TPSA) is 66.0 Å². The second-order valence-corrected chi connectivity index (χ2v) is 4.50. The Morgan fingerprint density at radius 3 is 2.81 bits per heavy atom. The van der Waals surface area contributed by atoms with Crippen LogP contribution in [-0.4, -0.2) is 22.1 Å². The molecule has 5 nitrogen and oxygen atoms in total. The third-order valence-electron chi connectivity index (χ3n) is 3.56. The van der Waals surface area contributed by atoms with E-state index in [9.17, 15) is 0 Å². The Bertz CT molecular complexity index is 346. The zero-order valence-corrected chi connectivity index (χ0v) is 10.0. The number of aromatic nitrogens is 3. The minimum atomic E-state index is 0.409. The van der Waals surface area contributed by atoms with Crippen molar-refractivity contribution in [1.82, 2.24) is 15.0 Å². The highest BCUT2D eigenvalue weighted by atomic mass is 16.5. The van der Waals surface area contributed by atoms with Gasteiger partial charge in [-0.25, -0.2) is 4.68 Å². The molecule has 2 rings (SSSR count). The second kappa shape index (κ2) is 4.93. The van der Waals surface area contributed by atoms with Gasteiger partial charge < -0.3 is 10.5 Å². The summed E-state index contributed by atoms with van der Waals surface area (Å²) in [7, 11) is 1.69. The van der Waals surface area contributed by atoms with Crippen LogP contribution in [0, 0.1) is 5.92 Å². The average molecular weight is 224 g/mol. The Hall–Kier alpha value is -0.940. The fraction of sp³-hybridized carbons (Fsp3) is 0.818. The van der Waals surface area contributed by atoms with E-state index in [0.29, 0.717) is 19.2 Å². The molecule has 0 radical (unpaired) electrons. The van der Waals surface area contributed by atoms with Crippen molar-refractivity contribution in [2.24, 2.45) is 11.7 Å². The second-order valence-electron chi connectivity index (χ2n) is 4.50. The maximum atomic E-state index is 5.65. The van der Waals surface area contributed by atoms with Gasteiger partial charge in [-0.1, -0.05) is 11.6 Å². The molecule has 5 heteroatoms. The van der Waals surface area contributed by atoms with Crippen LogP contribution >= 0.6 is 0 Å². The summed E-state index contributed by atoms with van der Waals surface area (Å²) >= 11 is 0. The molecule has 1 saturated carbocycles. The minimum Gasteiger partial charge on any atom is -0.378 e. The van der Waals surface area contributed by atoms with Crippen LogP contribution in [0.3, 0.4) is 0 Å². The highest BCUT2D eigenvalue weighted by Crippen LogP contribution is 2.36. The fourth-order valence-corrected chi connectivity index (χ4v) is 2.24. The predicted octanol–water partition coefficient (Wildman–Crippen LogP) is 1.24. The van der Waals surface area contributed by atoms with Crippen LogP contribution < -0.4 is 5.73 Å². The van der Waals surface area contributed by atoms with Gasteiger partial charge in [0.1, 0.15) is 5.69 Å². The molecule has 1 aromatic heterocycles. The largest absolute Gasteiger partial charge is 0.378 e. The first kappa shape index (κ1) is 11.5. The SMILES string of the molecule is COCc1c(CN)nnn1C(C)C1CCC1. The molecular weight excluding hydrogens is 204 g/mol. The van der Waals surface area contributed by atoms with Gasteiger partial charge in [0, 0.05) is 13.7 Å². The van der Waals surface area contributed by atoms with Crippen molar-refractivity contribution < 1.29 is 4.74 Å². The number of hydrogen-bond acceptors (Lipinski definition) is 4. The summed E-state index contributed by atoms with van der Waals surface area (Å²) in [6, 6.07) is 0.409. The number of hydrogen-bond donors (Lipinski definition) is 1. The molecule has 1 aromatic rings. The summed E-state index contributed by atoms with van der Waals surface area (Å²) in [5.41, 5.74) is 7.53. The summed E-state index contributed by atoms with van der Waals surface area (Å²) < 4.78 is 7.19. The summed E-state index contributed by atoms with van der Waals surface area (Å²) in [5.74, 6) is 0.739. The van der Waals surface area contributed by atoms with Crippen molar-refractivity contribution in [3.8, 4) is 0 Å². The lowest BCUT2D eigenvalue weighted by Crippen LogP contribution is -2.25. The number of nitrogens with zero attached hydrogens (tertiary/aromatic N) is 3. The molecule has 0 aliphatic heterocycles. The van der Waals surface area contributed by atoms with E-state index in [1.807, 2.05) is 4.68 Å². The Kier molecular flexibility index (Phi) is 3.56. The van der Waals surface area contributed by atoms with Crippen LogP contribution in [0.2, 0.25) is 0 Å². The van der Waals surface area contributed by atoms with Gasteiger partial charge in [-0.2, -0.15) is 0 Å². The van der Waals surface area contributed by atoms with Crippen LogP contribution in [0.5, 0.6) is 0 Å². The highest BCUT2D eigenvalue weighted by molar-refractivity contribution is 5.10. The Morgan fingerprint density at radius 2 is 2.31 bits per heavy atom. The number of methoxy groups -OCH3 is 1. The fourth-order valence-electron chi connectivity index (χ4n) is 2.24. The summed E-state index contributed by atoms with van der Waals surface area (Å²) in [4.78, 5) is 0. The Morgan fingerprint density at radius 1 is 1.56 bits per heavy atom. The molecule has 1 unspecified atom stereocenters. The average Bonchev–Trinajstić information content (AvgIpc) is 2.59. The highest BCUT2D eigenvalue weighted by Gasteiger charge is 2.28. The molecule has 1 atom stereocenters. The zero-order chi connectivity index (χ0) is 11.5. The van der Waals surface area contributed by atoms with E-state index in [0.717, 1.165) is 17.3 Å². The predicted molar refractivity (Wildman–Crippen MR) is 60.7 cm³/mol. The van der Waals surface area contributed by atoms with Gasteiger partial charge in [0.05, 0.1) is 18.3 Å². The van der Waals surface area contributed by atoms with Gasteiger partial charge >= 0.3 is 0 Å². The molecule has 0 amide bonds. The number of ether oxygens (including phenoxy) is 1. The van der Waals surface area contributed by atoms with Gasteiger partial charge in [0.2, 0.25) is 0 Å².